The molecule has 17 heavy (non-hydrogen) atoms. The van der Waals surface area contributed by atoms with Gasteiger partial charge in [-0.05, 0) is 6.07 Å². The number of aromatic nitrogens is 4. The van der Waals surface area contributed by atoms with Crippen molar-refractivity contribution in [2.45, 2.75) is 12.8 Å². The van der Waals surface area contributed by atoms with E-state index in [0.29, 0.717) is 6.42 Å². The largest absolute Gasteiger partial charge is 0.481 e. The van der Waals surface area contributed by atoms with Gasteiger partial charge in [0.05, 0.1) is 24.0 Å². The second-order valence-electron chi connectivity index (χ2n) is 3.63. The third-order valence-electron chi connectivity index (χ3n) is 2.35. The molecule has 0 fully saturated rings. The fourth-order valence-electron chi connectivity index (χ4n) is 1.55. The maximum Gasteiger partial charge on any atom is 0.303 e. The first-order valence-electron chi connectivity index (χ1n) is 5.18. The Labute approximate surface area is 98.0 Å². The fraction of sp³-hybridized carbons (Fsp3) is 0.273. The van der Waals surface area contributed by atoms with Gasteiger partial charge in [0, 0.05) is 25.9 Å². The fourth-order valence-corrected chi connectivity index (χ4v) is 1.55. The summed E-state index contributed by atoms with van der Waals surface area (Å²) < 4.78 is 1.68. The summed E-state index contributed by atoms with van der Waals surface area (Å²) in [6.07, 6.45) is 5.36. The smallest absolute Gasteiger partial charge is 0.303 e. The highest BCUT2D eigenvalue weighted by molar-refractivity contribution is 5.67. The molecule has 6 heteroatoms. The van der Waals surface area contributed by atoms with E-state index in [1.807, 2.05) is 6.07 Å². The molecule has 0 spiro atoms. The van der Waals surface area contributed by atoms with E-state index in [4.69, 9.17) is 5.11 Å². The average Bonchev–Trinajstić information content (AvgIpc) is 2.69. The van der Waals surface area contributed by atoms with Crippen LogP contribution in [0.3, 0.4) is 0 Å². The first-order chi connectivity index (χ1) is 8.16. The van der Waals surface area contributed by atoms with Crippen LogP contribution >= 0.6 is 0 Å². The summed E-state index contributed by atoms with van der Waals surface area (Å²) in [7, 11) is 1.80. The summed E-state index contributed by atoms with van der Waals surface area (Å²) >= 11 is 0. The van der Waals surface area contributed by atoms with E-state index in [2.05, 4.69) is 15.1 Å². The highest BCUT2D eigenvalue weighted by Gasteiger charge is 2.09. The molecule has 0 unspecified atom stereocenters. The Hall–Kier alpha value is -2.24. The lowest BCUT2D eigenvalue weighted by Gasteiger charge is -1.98. The molecule has 2 heterocycles. The second kappa shape index (κ2) is 4.73. The Balaban J connectivity index is 2.22. The minimum absolute atomic E-state index is 0.0803. The molecule has 0 aliphatic heterocycles. The number of rotatable bonds is 4. The van der Waals surface area contributed by atoms with Crippen molar-refractivity contribution < 1.29 is 9.90 Å². The Kier molecular flexibility index (Phi) is 3.13. The maximum absolute atomic E-state index is 10.5. The van der Waals surface area contributed by atoms with E-state index in [0.717, 1.165) is 17.1 Å². The van der Waals surface area contributed by atoms with E-state index < -0.39 is 5.97 Å². The van der Waals surface area contributed by atoms with Gasteiger partial charge in [-0.15, -0.1) is 0 Å². The van der Waals surface area contributed by atoms with Gasteiger partial charge in [-0.3, -0.25) is 19.4 Å². The molecular formula is C11H12N4O2. The number of carboxylic acid groups (broad SMARTS) is 1. The number of aryl methyl sites for hydroxylation is 2. The molecule has 0 saturated carbocycles. The first-order valence-corrected chi connectivity index (χ1v) is 5.18. The number of carbonyl (C=O) groups is 1. The van der Waals surface area contributed by atoms with Crippen LogP contribution in [0, 0.1) is 0 Å². The van der Waals surface area contributed by atoms with Crippen molar-refractivity contribution in [3.8, 4) is 11.4 Å². The minimum atomic E-state index is -0.822. The molecule has 0 amide bonds. The van der Waals surface area contributed by atoms with Crippen LogP contribution in [0.4, 0.5) is 0 Å². The zero-order valence-electron chi connectivity index (χ0n) is 9.37. The Bertz CT molecular complexity index is 522. The number of hydrogen-bond donors (Lipinski definition) is 1. The van der Waals surface area contributed by atoms with Gasteiger partial charge < -0.3 is 5.11 Å². The van der Waals surface area contributed by atoms with Crippen LogP contribution < -0.4 is 0 Å². The van der Waals surface area contributed by atoms with Gasteiger partial charge in [0.15, 0.2) is 0 Å². The quantitative estimate of drug-likeness (QED) is 0.846. The monoisotopic (exact) mass is 232 g/mol. The van der Waals surface area contributed by atoms with Gasteiger partial charge in [0.2, 0.25) is 0 Å². The van der Waals surface area contributed by atoms with Crippen molar-refractivity contribution in [3.63, 3.8) is 0 Å². The Morgan fingerprint density at radius 1 is 1.47 bits per heavy atom. The summed E-state index contributed by atoms with van der Waals surface area (Å²) in [6.45, 7) is 0. The van der Waals surface area contributed by atoms with E-state index in [9.17, 15) is 4.79 Å². The average molecular weight is 232 g/mol. The third-order valence-corrected chi connectivity index (χ3v) is 2.35. The van der Waals surface area contributed by atoms with Crippen LogP contribution in [0.15, 0.2) is 24.7 Å². The maximum atomic E-state index is 10.5. The third kappa shape index (κ3) is 2.66. The van der Waals surface area contributed by atoms with Crippen LogP contribution in [0.1, 0.15) is 12.1 Å². The van der Waals surface area contributed by atoms with E-state index in [1.165, 1.54) is 0 Å². The lowest BCUT2D eigenvalue weighted by atomic mass is 10.2. The molecule has 0 saturated heterocycles. The van der Waals surface area contributed by atoms with Crippen molar-refractivity contribution in [2.24, 2.45) is 7.05 Å². The van der Waals surface area contributed by atoms with Crippen molar-refractivity contribution in [2.75, 3.05) is 0 Å². The van der Waals surface area contributed by atoms with E-state index in [-0.39, 0.29) is 6.42 Å². The summed E-state index contributed by atoms with van der Waals surface area (Å²) in [5, 5.41) is 12.9. The van der Waals surface area contributed by atoms with Crippen LogP contribution in [-0.4, -0.2) is 30.8 Å². The van der Waals surface area contributed by atoms with Gasteiger partial charge in [-0.25, -0.2) is 0 Å². The van der Waals surface area contributed by atoms with Crippen LogP contribution in [0.5, 0.6) is 0 Å². The highest BCUT2D eigenvalue weighted by atomic mass is 16.4. The van der Waals surface area contributed by atoms with Crippen molar-refractivity contribution in [1.29, 1.82) is 0 Å². The second-order valence-corrected chi connectivity index (χ2v) is 3.63. The molecule has 0 atom stereocenters. The Morgan fingerprint density at radius 2 is 2.29 bits per heavy atom. The molecule has 0 aromatic carbocycles. The lowest BCUT2D eigenvalue weighted by molar-refractivity contribution is -0.136. The van der Waals surface area contributed by atoms with Gasteiger partial charge in [-0.2, -0.15) is 5.10 Å². The molecule has 0 radical (unpaired) electrons. The zero-order chi connectivity index (χ0) is 12.3. The predicted molar refractivity (Wildman–Crippen MR) is 60.2 cm³/mol. The van der Waals surface area contributed by atoms with Gasteiger partial charge >= 0.3 is 5.97 Å². The number of hydrogen-bond acceptors (Lipinski definition) is 4. The molecule has 2 rings (SSSR count). The number of carboxylic acids is 1. The zero-order valence-corrected chi connectivity index (χ0v) is 9.37. The lowest BCUT2D eigenvalue weighted by Crippen LogP contribution is -1.99. The van der Waals surface area contributed by atoms with Gasteiger partial charge in [-0.1, -0.05) is 0 Å². The number of nitrogens with zero attached hydrogens (tertiary/aromatic N) is 4. The molecule has 2 aromatic rings. The van der Waals surface area contributed by atoms with Crippen LogP contribution in [0.25, 0.3) is 11.4 Å². The number of aliphatic carboxylic acids is 1. The molecule has 88 valence electrons. The summed E-state index contributed by atoms with van der Waals surface area (Å²) in [4.78, 5) is 18.6. The van der Waals surface area contributed by atoms with E-state index >= 15 is 0 Å². The summed E-state index contributed by atoms with van der Waals surface area (Å²) in [6, 6.07) is 1.84. The normalized spacial score (nSPS) is 10.4. The first kappa shape index (κ1) is 11.3. The van der Waals surface area contributed by atoms with Gasteiger partial charge in [0.25, 0.3) is 0 Å². The molecule has 0 bridgehead atoms. The van der Waals surface area contributed by atoms with Crippen molar-refractivity contribution in [1.82, 2.24) is 19.7 Å². The topological polar surface area (TPSA) is 80.9 Å². The van der Waals surface area contributed by atoms with Gasteiger partial charge in [0.1, 0.15) is 5.69 Å². The molecule has 2 aromatic heterocycles. The summed E-state index contributed by atoms with van der Waals surface area (Å²) in [5.74, 6) is -0.822. The van der Waals surface area contributed by atoms with Crippen molar-refractivity contribution >= 4 is 5.97 Å². The highest BCUT2D eigenvalue weighted by Crippen LogP contribution is 2.16. The van der Waals surface area contributed by atoms with Crippen LogP contribution in [0.2, 0.25) is 0 Å². The predicted octanol–water partition coefficient (Wildman–Crippen LogP) is 0.894. The van der Waals surface area contributed by atoms with E-state index in [1.54, 1.807) is 30.3 Å². The molecule has 0 aliphatic carbocycles. The Morgan fingerprint density at radius 3 is 2.94 bits per heavy atom. The minimum Gasteiger partial charge on any atom is -0.481 e. The van der Waals surface area contributed by atoms with Crippen molar-refractivity contribution in [3.05, 3.63) is 30.4 Å². The molecule has 1 N–H and O–H groups in total. The standard InChI is InChI=1S/C11H12N4O2/c1-15-10(9-7-12-4-5-13-9)6-8(14-15)2-3-11(16)17/h4-7H,2-3H2,1H3,(H,16,17). The summed E-state index contributed by atoms with van der Waals surface area (Å²) in [5.41, 5.74) is 2.30. The van der Waals surface area contributed by atoms with Crippen LogP contribution in [-0.2, 0) is 18.3 Å². The SMILES string of the molecule is Cn1nc(CCC(=O)O)cc1-c1cnccn1. The molecular weight excluding hydrogens is 220 g/mol. The molecule has 6 nitrogen and oxygen atoms in total. The molecule has 0 aliphatic rings.